The molecule has 3 rings (SSSR count). The Labute approximate surface area is 191 Å². The monoisotopic (exact) mass is 520 g/mol. The van der Waals surface area contributed by atoms with E-state index in [1.165, 1.54) is 25.7 Å². The van der Waals surface area contributed by atoms with Gasteiger partial charge >= 0.3 is 0 Å². The summed E-state index contributed by atoms with van der Waals surface area (Å²) in [5, 5.41) is 15.4. The van der Waals surface area contributed by atoms with Crippen molar-refractivity contribution in [2.75, 3.05) is 33.0 Å². The second kappa shape index (κ2) is 13.4. The van der Waals surface area contributed by atoms with Gasteiger partial charge in [0, 0.05) is 46.1 Å². The van der Waals surface area contributed by atoms with Gasteiger partial charge in [-0.2, -0.15) is 0 Å². The molecule has 0 atom stereocenters. The summed E-state index contributed by atoms with van der Waals surface area (Å²) in [7, 11) is 1.98. The Morgan fingerprint density at radius 2 is 1.97 bits per heavy atom. The summed E-state index contributed by atoms with van der Waals surface area (Å²) in [6.07, 6.45) is 8.26. The molecule has 2 N–H and O–H groups in total. The summed E-state index contributed by atoms with van der Waals surface area (Å²) in [6, 6.07) is 0.525. The van der Waals surface area contributed by atoms with Crippen LogP contribution < -0.4 is 10.6 Å². The first-order valence-electron chi connectivity index (χ1n) is 10.8. The molecule has 2 fully saturated rings. The zero-order valence-electron chi connectivity index (χ0n) is 17.9. The van der Waals surface area contributed by atoms with Gasteiger partial charge in [0.25, 0.3) is 0 Å². The molecule has 0 unspecified atom stereocenters. The van der Waals surface area contributed by atoms with Crippen molar-refractivity contribution in [3.05, 3.63) is 11.6 Å². The lowest BCUT2D eigenvalue weighted by Crippen LogP contribution is -2.43. The van der Waals surface area contributed by atoms with Gasteiger partial charge in [0.15, 0.2) is 11.8 Å². The van der Waals surface area contributed by atoms with E-state index in [1.807, 2.05) is 18.5 Å². The van der Waals surface area contributed by atoms with Crippen molar-refractivity contribution in [2.24, 2.45) is 18.0 Å². The minimum absolute atomic E-state index is 0. The van der Waals surface area contributed by atoms with Gasteiger partial charge in [0.1, 0.15) is 12.4 Å². The average molecular weight is 520 g/mol. The highest BCUT2D eigenvalue weighted by Crippen LogP contribution is 2.17. The van der Waals surface area contributed by atoms with Crippen molar-refractivity contribution in [3.63, 3.8) is 0 Å². The van der Waals surface area contributed by atoms with Crippen LogP contribution in [-0.4, -0.2) is 59.7 Å². The molecule has 1 saturated heterocycles. The van der Waals surface area contributed by atoms with Crippen LogP contribution in [0.1, 0.15) is 56.6 Å². The highest BCUT2D eigenvalue weighted by atomic mass is 127. The van der Waals surface area contributed by atoms with Crippen LogP contribution in [0.5, 0.6) is 0 Å². The topological polar surface area (TPSA) is 85.6 Å². The molecule has 0 bridgehead atoms. The molecule has 0 spiro atoms. The van der Waals surface area contributed by atoms with E-state index in [9.17, 15) is 0 Å². The molecule has 8 nitrogen and oxygen atoms in total. The molecule has 1 aromatic heterocycles. The number of hydrogen-bond donors (Lipinski definition) is 2. The normalized spacial score (nSPS) is 18.6. The molecular formula is C20H37IN6O2. The minimum Gasteiger partial charge on any atom is -0.381 e. The number of hydrogen-bond acceptors (Lipinski definition) is 5. The fourth-order valence-electron chi connectivity index (χ4n) is 3.70. The van der Waals surface area contributed by atoms with E-state index in [1.54, 1.807) is 0 Å². The average Bonchev–Trinajstić information content (AvgIpc) is 3.34. The lowest BCUT2D eigenvalue weighted by molar-refractivity contribution is 0.0203. The predicted molar refractivity (Wildman–Crippen MR) is 125 cm³/mol. The van der Waals surface area contributed by atoms with Crippen LogP contribution in [0.15, 0.2) is 4.99 Å². The summed E-state index contributed by atoms with van der Waals surface area (Å²) in [5.74, 6) is 3.32. The second-order valence-corrected chi connectivity index (χ2v) is 7.92. The Morgan fingerprint density at radius 3 is 2.66 bits per heavy atom. The number of halogens is 1. The SMILES string of the molecule is Cc1nnc(CN=C(NCCCOCC2CCOCC2)NC2CCCC2)n1C.I. The maximum Gasteiger partial charge on any atom is 0.191 e. The maximum absolute atomic E-state index is 5.86. The van der Waals surface area contributed by atoms with Crippen molar-refractivity contribution in [3.8, 4) is 0 Å². The van der Waals surface area contributed by atoms with Crippen LogP contribution in [0.2, 0.25) is 0 Å². The summed E-state index contributed by atoms with van der Waals surface area (Å²) in [6.45, 7) is 6.74. The molecule has 166 valence electrons. The standard InChI is InChI=1S/C20H36N6O2.HI/c1-16-24-25-19(26(16)2)14-22-20(23-18-6-3-4-7-18)21-10-5-11-28-15-17-8-12-27-13-9-17;/h17-18H,3-15H2,1-2H3,(H2,21,22,23);1H. The minimum atomic E-state index is 0. The first-order chi connectivity index (χ1) is 13.7. The van der Waals surface area contributed by atoms with Gasteiger partial charge in [-0.25, -0.2) is 4.99 Å². The third-order valence-corrected chi connectivity index (χ3v) is 5.71. The van der Waals surface area contributed by atoms with Crippen molar-refractivity contribution < 1.29 is 9.47 Å². The number of aliphatic imine (C=N–C) groups is 1. The molecule has 9 heteroatoms. The van der Waals surface area contributed by atoms with Crippen molar-refractivity contribution in [1.82, 2.24) is 25.4 Å². The molecule has 0 aromatic carbocycles. The molecule has 1 aliphatic heterocycles. The number of nitrogens with one attached hydrogen (secondary N) is 2. The van der Waals surface area contributed by atoms with Crippen LogP contribution in [0, 0.1) is 12.8 Å². The number of nitrogens with zero attached hydrogens (tertiary/aromatic N) is 4. The molecule has 2 heterocycles. The van der Waals surface area contributed by atoms with Crippen LogP contribution in [-0.2, 0) is 23.1 Å². The number of rotatable bonds is 9. The number of aryl methyl sites for hydroxylation is 1. The van der Waals surface area contributed by atoms with E-state index in [-0.39, 0.29) is 24.0 Å². The quantitative estimate of drug-likeness (QED) is 0.225. The maximum atomic E-state index is 5.86. The smallest absolute Gasteiger partial charge is 0.191 e. The third kappa shape index (κ3) is 8.37. The number of ether oxygens (including phenoxy) is 2. The Hall–Kier alpha value is -0.940. The summed E-state index contributed by atoms with van der Waals surface area (Å²) < 4.78 is 13.2. The van der Waals surface area contributed by atoms with E-state index in [4.69, 9.17) is 14.5 Å². The Morgan fingerprint density at radius 1 is 1.21 bits per heavy atom. The Bertz CT molecular complexity index is 612. The second-order valence-electron chi connectivity index (χ2n) is 7.92. The predicted octanol–water partition coefficient (Wildman–Crippen LogP) is 2.55. The van der Waals surface area contributed by atoms with Gasteiger partial charge in [-0.15, -0.1) is 34.2 Å². The third-order valence-electron chi connectivity index (χ3n) is 5.71. The van der Waals surface area contributed by atoms with E-state index in [0.29, 0.717) is 18.5 Å². The van der Waals surface area contributed by atoms with Gasteiger partial charge < -0.3 is 24.7 Å². The molecule has 1 aliphatic carbocycles. The summed E-state index contributed by atoms with van der Waals surface area (Å²) in [4.78, 5) is 4.74. The van der Waals surface area contributed by atoms with Gasteiger partial charge in [-0.3, -0.25) is 0 Å². The lowest BCUT2D eigenvalue weighted by Gasteiger charge is -2.21. The number of aromatic nitrogens is 3. The number of guanidine groups is 1. The Kier molecular flexibility index (Phi) is 11.2. The molecular weight excluding hydrogens is 483 g/mol. The fourth-order valence-corrected chi connectivity index (χ4v) is 3.70. The molecule has 29 heavy (non-hydrogen) atoms. The molecule has 0 amide bonds. The largest absolute Gasteiger partial charge is 0.381 e. The van der Waals surface area contributed by atoms with Crippen LogP contribution in [0.25, 0.3) is 0 Å². The molecule has 1 saturated carbocycles. The Balaban J connectivity index is 0.00000300. The van der Waals surface area contributed by atoms with Crippen LogP contribution in [0.3, 0.4) is 0 Å². The highest BCUT2D eigenvalue weighted by molar-refractivity contribution is 14.0. The summed E-state index contributed by atoms with van der Waals surface area (Å²) >= 11 is 0. The molecule has 0 radical (unpaired) electrons. The first kappa shape index (κ1) is 24.3. The zero-order chi connectivity index (χ0) is 19.6. The fraction of sp³-hybridized carbons (Fsp3) is 0.850. The van der Waals surface area contributed by atoms with E-state index in [2.05, 4.69) is 20.8 Å². The van der Waals surface area contributed by atoms with Crippen LogP contribution >= 0.6 is 24.0 Å². The van der Waals surface area contributed by atoms with Gasteiger partial charge in [-0.05, 0) is 44.9 Å². The van der Waals surface area contributed by atoms with Crippen molar-refractivity contribution in [2.45, 2.75) is 64.5 Å². The first-order valence-corrected chi connectivity index (χ1v) is 10.8. The molecule has 1 aromatic rings. The highest BCUT2D eigenvalue weighted by Gasteiger charge is 2.16. The van der Waals surface area contributed by atoms with Crippen molar-refractivity contribution >= 4 is 29.9 Å². The van der Waals surface area contributed by atoms with Gasteiger partial charge in [0.05, 0.1) is 0 Å². The zero-order valence-corrected chi connectivity index (χ0v) is 20.2. The van der Waals surface area contributed by atoms with E-state index in [0.717, 1.165) is 69.8 Å². The van der Waals surface area contributed by atoms with Crippen LogP contribution in [0.4, 0.5) is 0 Å². The summed E-state index contributed by atoms with van der Waals surface area (Å²) in [5.41, 5.74) is 0. The van der Waals surface area contributed by atoms with E-state index < -0.39 is 0 Å². The van der Waals surface area contributed by atoms with Gasteiger partial charge in [0.2, 0.25) is 0 Å². The molecule has 2 aliphatic rings. The van der Waals surface area contributed by atoms with Crippen molar-refractivity contribution in [1.29, 1.82) is 0 Å². The van der Waals surface area contributed by atoms with Gasteiger partial charge in [-0.1, -0.05) is 12.8 Å². The lowest BCUT2D eigenvalue weighted by atomic mass is 10.0. The van der Waals surface area contributed by atoms with E-state index >= 15 is 0 Å².